The first kappa shape index (κ1) is 17.9. The first-order valence-electron chi connectivity index (χ1n) is 8.63. The summed E-state index contributed by atoms with van der Waals surface area (Å²) in [5.41, 5.74) is 1.79. The monoisotopic (exact) mass is 433 g/mol. The van der Waals surface area contributed by atoms with Crippen LogP contribution in [0.4, 0.5) is 0 Å². The summed E-state index contributed by atoms with van der Waals surface area (Å²) in [6.45, 7) is 0. The van der Waals surface area contributed by atoms with Crippen molar-refractivity contribution >= 4 is 39.0 Å². The Hall–Kier alpha value is -2.48. The average molecular weight is 434 g/mol. The van der Waals surface area contributed by atoms with E-state index in [9.17, 15) is 4.57 Å². The van der Waals surface area contributed by atoms with Crippen LogP contribution in [0, 0.1) is 0 Å². The molecule has 4 aromatic rings. The van der Waals surface area contributed by atoms with Gasteiger partial charge in [-0.15, -0.1) is 0 Å². The van der Waals surface area contributed by atoms with Gasteiger partial charge in [0.2, 0.25) is 0 Å². The normalized spacial score (nSPS) is 11.3. The van der Waals surface area contributed by atoms with Gasteiger partial charge in [0.05, 0.1) is 5.69 Å². The predicted molar refractivity (Wildman–Crippen MR) is 117 cm³/mol. The fourth-order valence-electron chi connectivity index (χ4n) is 3.15. The van der Waals surface area contributed by atoms with Crippen LogP contribution in [0.5, 0.6) is 0 Å². The molecule has 0 N–H and O–H groups in total. The molecule has 0 unspecified atom stereocenters. The van der Waals surface area contributed by atoms with Crippen molar-refractivity contribution in [2.45, 2.75) is 0 Å². The molecule has 0 atom stereocenters. The number of aromatic nitrogens is 1. The third-order valence-electron chi connectivity index (χ3n) is 4.46. The second-order valence-electron chi connectivity index (χ2n) is 6.18. The van der Waals surface area contributed by atoms with Crippen LogP contribution in [0.25, 0.3) is 11.3 Å². The minimum absolute atomic E-state index is 0.778. The van der Waals surface area contributed by atoms with E-state index in [-0.39, 0.29) is 0 Å². The van der Waals surface area contributed by atoms with E-state index in [0.29, 0.717) is 0 Å². The molecular weight excluding hydrogens is 417 g/mol. The summed E-state index contributed by atoms with van der Waals surface area (Å²) < 4.78 is 15.2. The lowest BCUT2D eigenvalue weighted by Crippen LogP contribution is -2.25. The summed E-state index contributed by atoms with van der Waals surface area (Å²) in [6.07, 6.45) is 0. The second kappa shape index (κ2) is 7.64. The van der Waals surface area contributed by atoms with Gasteiger partial charge in [0.1, 0.15) is 4.60 Å². The summed E-state index contributed by atoms with van der Waals surface area (Å²) in [5, 5.41) is 2.46. The van der Waals surface area contributed by atoms with E-state index in [1.165, 1.54) is 0 Å². The van der Waals surface area contributed by atoms with Gasteiger partial charge in [-0.2, -0.15) is 0 Å². The Morgan fingerprint density at radius 3 is 1.78 bits per heavy atom. The molecule has 132 valence electrons. The quantitative estimate of drug-likeness (QED) is 0.329. The lowest BCUT2D eigenvalue weighted by Gasteiger charge is -2.20. The van der Waals surface area contributed by atoms with Crippen LogP contribution in [0.2, 0.25) is 0 Å². The molecule has 3 aromatic carbocycles. The maximum absolute atomic E-state index is 14.4. The van der Waals surface area contributed by atoms with Gasteiger partial charge in [0.15, 0.2) is 7.14 Å². The van der Waals surface area contributed by atoms with Crippen molar-refractivity contribution in [3.8, 4) is 11.3 Å². The molecule has 0 aliphatic carbocycles. The Kier molecular flexibility index (Phi) is 5.07. The highest BCUT2D eigenvalue weighted by molar-refractivity contribution is 9.10. The molecule has 0 aliphatic heterocycles. The summed E-state index contributed by atoms with van der Waals surface area (Å²) >= 11 is 3.42. The van der Waals surface area contributed by atoms with Crippen LogP contribution in [0.3, 0.4) is 0 Å². The maximum Gasteiger partial charge on any atom is 0.171 e. The van der Waals surface area contributed by atoms with Gasteiger partial charge in [0, 0.05) is 21.5 Å². The molecule has 27 heavy (non-hydrogen) atoms. The van der Waals surface area contributed by atoms with Crippen molar-refractivity contribution in [2.75, 3.05) is 0 Å². The number of benzene rings is 3. The molecule has 0 saturated carbocycles. The molecular formula is C23H17BrNOP. The number of nitrogens with zero attached hydrogens (tertiary/aromatic N) is 1. The third kappa shape index (κ3) is 3.53. The highest BCUT2D eigenvalue weighted by Gasteiger charge is 2.29. The minimum Gasteiger partial charge on any atom is -0.309 e. The lowest BCUT2D eigenvalue weighted by atomic mass is 10.1. The van der Waals surface area contributed by atoms with Gasteiger partial charge in [-0.25, -0.2) is 4.98 Å². The van der Waals surface area contributed by atoms with Crippen LogP contribution in [-0.4, -0.2) is 4.98 Å². The number of hydrogen-bond acceptors (Lipinski definition) is 2. The van der Waals surface area contributed by atoms with E-state index in [1.807, 2.05) is 103 Å². The number of hydrogen-bond donors (Lipinski definition) is 0. The Morgan fingerprint density at radius 2 is 1.19 bits per heavy atom. The Bertz CT molecular complexity index is 1070. The average Bonchev–Trinajstić information content (AvgIpc) is 2.74. The fourth-order valence-corrected chi connectivity index (χ4v) is 6.19. The van der Waals surface area contributed by atoms with Crippen molar-refractivity contribution < 1.29 is 4.57 Å². The van der Waals surface area contributed by atoms with Crippen molar-refractivity contribution in [1.82, 2.24) is 4.98 Å². The SMILES string of the molecule is O=P(c1ccccc1)(c1ccccc1)c1cccc(-c2cccc(Br)n2)c1. The summed E-state index contributed by atoms with van der Waals surface area (Å²) in [6, 6.07) is 33.1. The van der Waals surface area contributed by atoms with E-state index < -0.39 is 7.14 Å². The zero-order chi connectivity index (χ0) is 18.7. The van der Waals surface area contributed by atoms with Gasteiger partial charge in [-0.05, 0) is 34.1 Å². The van der Waals surface area contributed by atoms with E-state index >= 15 is 0 Å². The van der Waals surface area contributed by atoms with Gasteiger partial charge >= 0.3 is 0 Å². The molecule has 1 aromatic heterocycles. The first-order valence-corrected chi connectivity index (χ1v) is 11.1. The smallest absolute Gasteiger partial charge is 0.171 e. The van der Waals surface area contributed by atoms with Crippen molar-refractivity contribution in [3.05, 3.63) is 108 Å². The maximum atomic E-state index is 14.4. The van der Waals surface area contributed by atoms with Crippen LogP contribution in [0.1, 0.15) is 0 Å². The lowest BCUT2D eigenvalue weighted by molar-refractivity contribution is 0.592. The van der Waals surface area contributed by atoms with Crippen molar-refractivity contribution in [2.24, 2.45) is 0 Å². The summed E-state index contributed by atoms with van der Waals surface area (Å²) in [4.78, 5) is 4.54. The van der Waals surface area contributed by atoms with Gasteiger partial charge < -0.3 is 4.57 Å². The molecule has 0 radical (unpaired) electrons. The van der Waals surface area contributed by atoms with E-state index in [4.69, 9.17) is 0 Å². The molecule has 0 fully saturated rings. The second-order valence-corrected chi connectivity index (χ2v) is 9.76. The first-order chi connectivity index (χ1) is 13.2. The zero-order valence-electron chi connectivity index (χ0n) is 14.5. The molecule has 0 saturated heterocycles. The third-order valence-corrected chi connectivity index (χ3v) is 7.96. The minimum atomic E-state index is -2.98. The van der Waals surface area contributed by atoms with Crippen LogP contribution in [0.15, 0.2) is 108 Å². The standard InChI is InChI=1S/C23H17BrNOP/c24-23-16-8-15-22(25-23)18-9-7-14-21(17-18)27(26,19-10-3-1-4-11-19)20-12-5-2-6-13-20/h1-17H. The number of halogens is 1. The van der Waals surface area contributed by atoms with Crippen molar-refractivity contribution in [1.29, 1.82) is 0 Å². The summed E-state index contributed by atoms with van der Waals surface area (Å²) in [5.74, 6) is 0. The molecule has 0 aliphatic rings. The molecule has 0 amide bonds. The Balaban J connectivity index is 1.92. The molecule has 0 bridgehead atoms. The molecule has 4 heteroatoms. The molecule has 4 rings (SSSR count). The zero-order valence-corrected chi connectivity index (χ0v) is 17.0. The predicted octanol–water partition coefficient (Wildman–Crippen LogP) is 5.15. The molecule has 2 nitrogen and oxygen atoms in total. The fraction of sp³-hybridized carbons (Fsp3) is 0. The van der Waals surface area contributed by atoms with Gasteiger partial charge in [-0.3, -0.25) is 0 Å². The summed E-state index contributed by atoms with van der Waals surface area (Å²) in [7, 11) is -2.98. The van der Waals surface area contributed by atoms with E-state index in [2.05, 4.69) is 20.9 Å². The Morgan fingerprint density at radius 1 is 0.630 bits per heavy atom. The number of pyridine rings is 1. The van der Waals surface area contributed by atoms with Gasteiger partial charge in [-0.1, -0.05) is 84.9 Å². The Labute approximate surface area is 167 Å². The largest absolute Gasteiger partial charge is 0.309 e. The van der Waals surface area contributed by atoms with Crippen LogP contribution in [-0.2, 0) is 4.57 Å². The highest BCUT2D eigenvalue weighted by Crippen LogP contribution is 2.42. The molecule has 0 spiro atoms. The van der Waals surface area contributed by atoms with E-state index in [0.717, 1.165) is 31.8 Å². The van der Waals surface area contributed by atoms with E-state index in [1.54, 1.807) is 0 Å². The molecule has 1 heterocycles. The van der Waals surface area contributed by atoms with Crippen LogP contribution < -0.4 is 15.9 Å². The topological polar surface area (TPSA) is 30.0 Å². The highest BCUT2D eigenvalue weighted by atomic mass is 79.9. The number of rotatable bonds is 4. The van der Waals surface area contributed by atoms with Gasteiger partial charge in [0.25, 0.3) is 0 Å². The van der Waals surface area contributed by atoms with Crippen molar-refractivity contribution in [3.63, 3.8) is 0 Å². The van der Waals surface area contributed by atoms with Crippen LogP contribution >= 0.6 is 23.1 Å².